The predicted octanol–water partition coefficient (Wildman–Crippen LogP) is 4.40. The highest BCUT2D eigenvalue weighted by molar-refractivity contribution is 14.0. The Bertz CT molecular complexity index is 1090. The minimum Gasteiger partial charge on any atom is -0.356 e. The molecule has 1 atom stereocenters. The van der Waals surface area contributed by atoms with Crippen LogP contribution in [0.5, 0.6) is 0 Å². The van der Waals surface area contributed by atoms with Gasteiger partial charge >= 0.3 is 0 Å². The van der Waals surface area contributed by atoms with E-state index in [1.807, 2.05) is 24.3 Å². The average Bonchev–Trinajstić information content (AvgIpc) is 2.79. The van der Waals surface area contributed by atoms with E-state index in [1.165, 1.54) is 17.4 Å². The molecule has 0 saturated heterocycles. The standard InChI is InChI=1S/C25H29N3O2S.HI/c1-26-25(27-18-21-13-15-24(16-14-21)31(2,29)30)28-19-23(22-11-7-4-8-12-22)17-20-9-5-3-6-10-20;/h3-16,23H,17-19H2,1-2H3,(H2,26,27,28);1H. The molecule has 7 heteroatoms. The number of nitrogens with zero attached hydrogens (tertiary/aromatic N) is 1. The van der Waals surface area contributed by atoms with E-state index in [0.29, 0.717) is 23.3 Å². The second kappa shape index (κ2) is 12.6. The third kappa shape index (κ3) is 7.94. The topological polar surface area (TPSA) is 70.6 Å². The molecule has 0 aromatic heterocycles. The first-order valence-electron chi connectivity index (χ1n) is 10.3. The van der Waals surface area contributed by atoms with Gasteiger partial charge in [0.2, 0.25) is 0 Å². The first-order valence-corrected chi connectivity index (χ1v) is 12.2. The molecule has 0 radical (unpaired) electrons. The molecule has 0 aliphatic heterocycles. The van der Waals surface area contributed by atoms with Gasteiger partial charge in [0.15, 0.2) is 15.8 Å². The fourth-order valence-electron chi connectivity index (χ4n) is 3.41. The van der Waals surface area contributed by atoms with E-state index < -0.39 is 9.84 Å². The predicted molar refractivity (Wildman–Crippen MR) is 142 cm³/mol. The van der Waals surface area contributed by atoms with Crippen LogP contribution in [0.3, 0.4) is 0 Å². The summed E-state index contributed by atoms with van der Waals surface area (Å²) in [5, 5.41) is 6.74. The quantitative estimate of drug-likeness (QED) is 0.242. The van der Waals surface area contributed by atoms with Crippen LogP contribution in [-0.4, -0.2) is 34.2 Å². The summed E-state index contributed by atoms with van der Waals surface area (Å²) in [5.41, 5.74) is 3.57. The van der Waals surface area contributed by atoms with Crippen LogP contribution < -0.4 is 10.6 Å². The molecule has 0 heterocycles. The normalized spacial score (nSPS) is 12.5. The lowest BCUT2D eigenvalue weighted by atomic mass is 9.92. The summed E-state index contributed by atoms with van der Waals surface area (Å²) in [6, 6.07) is 27.9. The number of benzene rings is 3. The van der Waals surface area contributed by atoms with Gasteiger partial charge in [0.25, 0.3) is 0 Å². The van der Waals surface area contributed by atoms with Crippen LogP contribution in [-0.2, 0) is 22.8 Å². The maximum atomic E-state index is 11.6. The first-order chi connectivity index (χ1) is 15.0. The number of aliphatic imine (C=N–C) groups is 1. The minimum absolute atomic E-state index is 0. The second-order valence-corrected chi connectivity index (χ2v) is 9.54. The second-order valence-electron chi connectivity index (χ2n) is 7.52. The number of hydrogen-bond acceptors (Lipinski definition) is 3. The van der Waals surface area contributed by atoms with Crippen LogP contribution in [0.4, 0.5) is 0 Å². The summed E-state index contributed by atoms with van der Waals surface area (Å²) >= 11 is 0. The maximum absolute atomic E-state index is 11.6. The Kier molecular flexibility index (Phi) is 10.2. The number of hydrogen-bond donors (Lipinski definition) is 2. The number of sulfone groups is 1. The molecule has 3 aromatic rings. The average molecular weight is 564 g/mol. The van der Waals surface area contributed by atoms with Crippen LogP contribution >= 0.6 is 24.0 Å². The zero-order valence-electron chi connectivity index (χ0n) is 18.4. The Hall–Kier alpha value is -2.39. The van der Waals surface area contributed by atoms with Crippen LogP contribution in [0.25, 0.3) is 0 Å². The van der Waals surface area contributed by atoms with Crippen molar-refractivity contribution in [3.8, 4) is 0 Å². The minimum atomic E-state index is -3.18. The van der Waals surface area contributed by atoms with E-state index in [4.69, 9.17) is 0 Å². The van der Waals surface area contributed by atoms with Crippen molar-refractivity contribution in [3.63, 3.8) is 0 Å². The van der Waals surface area contributed by atoms with Gasteiger partial charge < -0.3 is 10.6 Å². The van der Waals surface area contributed by atoms with Gasteiger partial charge in [0.05, 0.1) is 4.90 Å². The van der Waals surface area contributed by atoms with Crippen molar-refractivity contribution in [2.75, 3.05) is 19.8 Å². The number of nitrogens with one attached hydrogen (secondary N) is 2. The van der Waals surface area contributed by atoms with E-state index >= 15 is 0 Å². The number of halogens is 1. The lowest BCUT2D eigenvalue weighted by Gasteiger charge is -2.20. The van der Waals surface area contributed by atoms with E-state index in [9.17, 15) is 8.42 Å². The Labute approximate surface area is 208 Å². The number of rotatable bonds is 8. The lowest BCUT2D eigenvalue weighted by Crippen LogP contribution is -2.39. The molecule has 0 saturated carbocycles. The fraction of sp³-hybridized carbons (Fsp3) is 0.240. The van der Waals surface area contributed by atoms with Gasteiger partial charge in [-0.15, -0.1) is 24.0 Å². The van der Waals surface area contributed by atoms with Crippen LogP contribution in [0.15, 0.2) is 94.8 Å². The van der Waals surface area contributed by atoms with Crippen molar-refractivity contribution in [2.45, 2.75) is 23.8 Å². The molecule has 32 heavy (non-hydrogen) atoms. The van der Waals surface area contributed by atoms with Crippen molar-refractivity contribution in [1.29, 1.82) is 0 Å². The Morgan fingerprint density at radius 2 is 1.44 bits per heavy atom. The van der Waals surface area contributed by atoms with E-state index in [2.05, 4.69) is 64.2 Å². The summed E-state index contributed by atoms with van der Waals surface area (Å²) in [4.78, 5) is 4.66. The van der Waals surface area contributed by atoms with Crippen molar-refractivity contribution in [2.24, 2.45) is 4.99 Å². The van der Waals surface area contributed by atoms with Crippen LogP contribution in [0, 0.1) is 0 Å². The van der Waals surface area contributed by atoms with Gasteiger partial charge in [0.1, 0.15) is 0 Å². The van der Waals surface area contributed by atoms with Crippen LogP contribution in [0.1, 0.15) is 22.6 Å². The molecule has 0 aliphatic carbocycles. The molecular formula is C25H30IN3O2S. The molecule has 0 fully saturated rings. The molecular weight excluding hydrogens is 533 g/mol. The Morgan fingerprint density at radius 3 is 2.00 bits per heavy atom. The number of guanidine groups is 1. The molecule has 170 valence electrons. The lowest BCUT2D eigenvalue weighted by molar-refractivity contribution is 0.602. The summed E-state index contributed by atoms with van der Waals surface area (Å²) in [5.74, 6) is 1.01. The molecule has 0 spiro atoms. The maximum Gasteiger partial charge on any atom is 0.191 e. The van der Waals surface area contributed by atoms with E-state index in [0.717, 1.165) is 18.5 Å². The van der Waals surface area contributed by atoms with Crippen molar-refractivity contribution < 1.29 is 8.42 Å². The highest BCUT2D eigenvalue weighted by Gasteiger charge is 2.13. The van der Waals surface area contributed by atoms with E-state index in [1.54, 1.807) is 19.2 Å². The van der Waals surface area contributed by atoms with Gasteiger partial charge in [-0.3, -0.25) is 4.99 Å². The van der Waals surface area contributed by atoms with E-state index in [-0.39, 0.29) is 24.0 Å². The Morgan fingerprint density at radius 1 is 0.844 bits per heavy atom. The van der Waals surface area contributed by atoms with Gasteiger partial charge in [-0.1, -0.05) is 72.8 Å². The van der Waals surface area contributed by atoms with Crippen molar-refractivity contribution in [1.82, 2.24) is 10.6 Å². The molecule has 0 bridgehead atoms. The van der Waals surface area contributed by atoms with Crippen molar-refractivity contribution >= 4 is 39.8 Å². The highest BCUT2D eigenvalue weighted by Crippen LogP contribution is 2.20. The summed E-state index contributed by atoms with van der Waals surface area (Å²) in [7, 11) is -1.44. The molecule has 1 unspecified atom stereocenters. The summed E-state index contributed by atoms with van der Waals surface area (Å²) < 4.78 is 23.2. The summed E-state index contributed by atoms with van der Waals surface area (Å²) in [6.45, 7) is 1.30. The van der Waals surface area contributed by atoms with Crippen molar-refractivity contribution in [3.05, 3.63) is 102 Å². The Balaban J connectivity index is 0.00000363. The molecule has 0 amide bonds. The van der Waals surface area contributed by atoms with Gasteiger partial charge in [-0.25, -0.2) is 8.42 Å². The van der Waals surface area contributed by atoms with Gasteiger partial charge in [0, 0.05) is 32.3 Å². The first kappa shape index (κ1) is 25.9. The highest BCUT2D eigenvalue weighted by atomic mass is 127. The third-order valence-corrected chi connectivity index (χ3v) is 6.28. The molecule has 5 nitrogen and oxygen atoms in total. The third-order valence-electron chi connectivity index (χ3n) is 5.15. The fourth-order valence-corrected chi connectivity index (χ4v) is 4.04. The molecule has 3 aromatic carbocycles. The smallest absolute Gasteiger partial charge is 0.191 e. The van der Waals surface area contributed by atoms with Crippen LogP contribution in [0.2, 0.25) is 0 Å². The van der Waals surface area contributed by atoms with Gasteiger partial charge in [-0.05, 0) is 35.2 Å². The molecule has 2 N–H and O–H groups in total. The largest absolute Gasteiger partial charge is 0.356 e. The zero-order valence-corrected chi connectivity index (χ0v) is 21.5. The molecule has 3 rings (SSSR count). The SMILES string of the molecule is CN=C(NCc1ccc(S(C)(=O)=O)cc1)NCC(Cc1ccccc1)c1ccccc1.I. The monoisotopic (exact) mass is 563 g/mol. The molecule has 0 aliphatic rings. The summed E-state index contributed by atoms with van der Waals surface area (Å²) in [6.07, 6.45) is 2.15. The van der Waals surface area contributed by atoms with Gasteiger partial charge in [-0.2, -0.15) is 0 Å². The zero-order chi connectivity index (χ0) is 22.1.